The normalized spacial score (nSPS) is 11.7. The van der Waals surface area contributed by atoms with Crippen molar-refractivity contribution in [3.63, 3.8) is 0 Å². The molecule has 0 bridgehead atoms. The number of aliphatic carboxylic acids is 1. The van der Waals surface area contributed by atoms with Crippen LogP contribution < -0.4 is 5.32 Å². The number of nitrogens with one attached hydrogen (secondary N) is 1. The van der Waals surface area contributed by atoms with E-state index in [-0.39, 0.29) is 6.42 Å². The molecular formula is C15H12BrClN2O3. The summed E-state index contributed by atoms with van der Waals surface area (Å²) in [6.45, 7) is 0. The van der Waals surface area contributed by atoms with Crippen LogP contribution in [0.15, 0.2) is 47.2 Å². The van der Waals surface area contributed by atoms with Gasteiger partial charge in [0, 0.05) is 28.3 Å². The quantitative estimate of drug-likeness (QED) is 0.832. The number of rotatable bonds is 5. The van der Waals surface area contributed by atoms with Crippen LogP contribution in [0.3, 0.4) is 0 Å². The van der Waals surface area contributed by atoms with Gasteiger partial charge in [0.25, 0.3) is 5.91 Å². The van der Waals surface area contributed by atoms with Crippen LogP contribution in [0.2, 0.25) is 5.02 Å². The predicted molar refractivity (Wildman–Crippen MR) is 86.0 cm³/mol. The number of aromatic nitrogens is 1. The Balaban J connectivity index is 2.15. The van der Waals surface area contributed by atoms with E-state index in [1.807, 2.05) is 0 Å². The average Bonchev–Trinajstić information content (AvgIpc) is 2.50. The molecule has 5 nitrogen and oxygen atoms in total. The lowest BCUT2D eigenvalue weighted by Gasteiger charge is -2.15. The molecule has 0 radical (unpaired) electrons. The molecule has 1 atom stereocenters. The Bertz CT molecular complexity index is 694. The highest BCUT2D eigenvalue weighted by molar-refractivity contribution is 9.10. The van der Waals surface area contributed by atoms with Gasteiger partial charge in [-0.15, -0.1) is 0 Å². The van der Waals surface area contributed by atoms with E-state index in [4.69, 9.17) is 11.6 Å². The number of nitrogens with zero attached hydrogens (tertiary/aromatic N) is 1. The van der Waals surface area contributed by atoms with Crippen molar-refractivity contribution in [1.82, 2.24) is 10.3 Å². The predicted octanol–water partition coefficient (Wildman–Crippen LogP) is 2.92. The zero-order valence-corrected chi connectivity index (χ0v) is 13.6. The second-order valence-electron chi connectivity index (χ2n) is 4.55. The second-order valence-corrected chi connectivity index (χ2v) is 5.84. The summed E-state index contributed by atoms with van der Waals surface area (Å²) in [6, 6.07) is 7.20. The van der Waals surface area contributed by atoms with Crippen LogP contribution in [-0.2, 0) is 11.2 Å². The van der Waals surface area contributed by atoms with Gasteiger partial charge in [-0.3, -0.25) is 9.78 Å². The number of benzene rings is 1. The van der Waals surface area contributed by atoms with Gasteiger partial charge in [-0.25, -0.2) is 4.79 Å². The summed E-state index contributed by atoms with van der Waals surface area (Å²) in [5.41, 5.74) is 1.00. The number of carbonyl (C=O) groups excluding carboxylic acids is 1. The molecule has 1 amide bonds. The molecule has 0 fully saturated rings. The fraction of sp³-hybridized carbons (Fsp3) is 0.133. The van der Waals surface area contributed by atoms with Gasteiger partial charge in [-0.2, -0.15) is 0 Å². The zero-order valence-electron chi connectivity index (χ0n) is 11.3. The number of pyridine rings is 1. The van der Waals surface area contributed by atoms with E-state index in [0.717, 1.165) is 4.47 Å². The molecular weight excluding hydrogens is 372 g/mol. The van der Waals surface area contributed by atoms with E-state index < -0.39 is 17.9 Å². The highest BCUT2D eigenvalue weighted by Crippen LogP contribution is 2.22. The Morgan fingerprint density at radius 3 is 2.77 bits per heavy atom. The fourth-order valence-electron chi connectivity index (χ4n) is 1.86. The van der Waals surface area contributed by atoms with Crippen molar-refractivity contribution in [1.29, 1.82) is 0 Å². The molecule has 0 spiro atoms. The van der Waals surface area contributed by atoms with Gasteiger partial charge in [0.05, 0.1) is 5.56 Å². The molecule has 0 aliphatic rings. The molecule has 0 saturated heterocycles. The number of hydrogen-bond acceptors (Lipinski definition) is 3. The van der Waals surface area contributed by atoms with Gasteiger partial charge >= 0.3 is 5.97 Å². The lowest BCUT2D eigenvalue weighted by atomic mass is 10.1. The van der Waals surface area contributed by atoms with E-state index in [1.54, 1.807) is 30.3 Å². The Labute approximate surface area is 140 Å². The molecule has 2 aromatic rings. The van der Waals surface area contributed by atoms with Crippen LogP contribution in [0, 0.1) is 0 Å². The zero-order chi connectivity index (χ0) is 16.1. The first-order valence-corrected chi connectivity index (χ1v) is 7.52. The highest BCUT2D eigenvalue weighted by Gasteiger charge is 2.22. The van der Waals surface area contributed by atoms with Crippen LogP contribution in [0.25, 0.3) is 0 Å². The Morgan fingerprint density at radius 2 is 2.14 bits per heavy atom. The van der Waals surface area contributed by atoms with Crippen molar-refractivity contribution >= 4 is 39.4 Å². The van der Waals surface area contributed by atoms with Crippen molar-refractivity contribution in [2.75, 3.05) is 0 Å². The largest absolute Gasteiger partial charge is 0.480 e. The molecule has 0 unspecified atom stereocenters. The van der Waals surface area contributed by atoms with Crippen molar-refractivity contribution in [3.8, 4) is 0 Å². The Morgan fingerprint density at radius 1 is 1.36 bits per heavy atom. The van der Waals surface area contributed by atoms with E-state index in [1.165, 1.54) is 12.4 Å². The molecule has 1 aromatic carbocycles. The monoisotopic (exact) mass is 382 g/mol. The molecule has 0 saturated carbocycles. The van der Waals surface area contributed by atoms with Crippen molar-refractivity contribution in [2.45, 2.75) is 12.5 Å². The van der Waals surface area contributed by atoms with Crippen LogP contribution in [-0.4, -0.2) is 28.0 Å². The van der Waals surface area contributed by atoms with Crippen LogP contribution in [0.1, 0.15) is 15.9 Å². The van der Waals surface area contributed by atoms with E-state index in [2.05, 4.69) is 26.2 Å². The summed E-state index contributed by atoms with van der Waals surface area (Å²) in [5, 5.41) is 12.3. The number of hydrogen-bond donors (Lipinski definition) is 2. The SMILES string of the molecule is O=C(N[C@H](Cc1cc(Cl)ccc1Br)C(=O)O)c1cccnc1. The average molecular weight is 384 g/mol. The third-order valence-corrected chi connectivity index (χ3v) is 3.97. The third kappa shape index (κ3) is 4.29. The summed E-state index contributed by atoms with van der Waals surface area (Å²) < 4.78 is 0.735. The molecule has 2 rings (SSSR count). The molecule has 1 aromatic heterocycles. The molecule has 0 aliphatic carbocycles. The summed E-state index contributed by atoms with van der Waals surface area (Å²) >= 11 is 9.26. The van der Waals surface area contributed by atoms with Gasteiger partial charge in [0.1, 0.15) is 6.04 Å². The van der Waals surface area contributed by atoms with E-state index >= 15 is 0 Å². The minimum Gasteiger partial charge on any atom is -0.480 e. The number of carboxylic acid groups (broad SMARTS) is 1. The minimum atomic E-state index is -1.12. The first-order chi connectivity index (χ1) is 10.5. The fourth-order valence-corrected chi connectivity index (χ4v) is 2.46. The van der Waals surface area contributed by atoms with Crippen LogP contribution in [0.5, 0.6) is 0 Å². The number of carboxylic acids is 1. The molecule has 1 heterocycles. The maximum Gasteiger partial charge on any atom is 0.326 e. The highest BCUT2D eigenvalue weighted by atomic mass is 79.9. The molecule has 114 valence electrons. The molecule has 22 heavy (non-hydrogen) atoms. The number of halogens is 2. The maximum atomic E-state index is 12.0. The Hall–Kier alpha value is -1.92. The smallest absolute Gasteiger partial charge is 0.326 e. The van der Waals surface area contributed by atoms with Crippen molar-refractivity contribution in [2.24, 2.45) is 0 Å². The molecule has 7 heteroatoms. The number of amides is 1. The van der Waals surface area contributed by atoms with Crippen molar-refractivity contribution < 1.29 is 14.7 Å². The summed E-state index contributed by atoms with van der Waals surface area (Å²) in [7, 11) is 0. The standard InChI is InChI=1S/C15H12BrClN2O3/c16-12-4-3-11(17)6-10(12)7-13(15(21)22)19-14(20)9-2-1-5-18-8-9/h1-6,8,13H,7H2,(H,19,20)(H,21,22)/t13-/m1/s1. The van der Waals surface area contributed by atoms with Crippen LogP contribution in [0.4, 0.5) is 0 Å². The van der Waals surface area contributed by atoms with Gasteiger partial charge in [0.15, 0.2) is 0 Å². The lowest BCUT2D eigenvalue weighted by Crippen LogP contribution is -2.42. The van der Waals surface area contributed by atoms with Gasteiger partial charge < -0.3 is 10.4 Å². The first-order valence-electron chi connectivity index (χ1n) is 6.35. The summed E-state index contributed by atoms with van der Waals surface area (Å²) in [5.74, 6) is -1.61. The van der Waals surface area contributed by atoms with Gasteiger partial charge in [0.2, 0.25) is 0 Å². The van der Waals surface area contributed by atoms with Gasteiger partial charge in [-0.05, 0) is 35.9 Å². The van der Waals surface area contributed by atoms with Gasteiger partial charge in [-0.1, -0.05) is 27.5 Å². The summed E-state index contributed by atoms with van der Waals surface area (Å²) in [4.78, 5) is 27.3. The lowest BCUT2D eigenvalue weighted by molar-refractivity contribution is -0.139. The first kappa shape index (κ1) is 16.5. The topological polar surface area (TPSA) is 79.3 Å². The maximum absolute atomic E-state index is 12.0. The number of carbonyl (C=O) groups is 2. The summed E-state index contributed by atoms with van der Waals surface area (Å²) in [6.07, 6.45) is 3.03. The third-order valence-electron chi connectivity index (χ3n) is 2.96. The second kappa shape index (κ2) is 7.38. The van der Waals surface area contributed by atoms with Crippen LogP contribution >= 0.6 is 27.5 Å². The minimum absolute atomic E-state index is 0.114. The van der Waals surface area contributed by atoms with E-state index in [9.17, 15) is 14.7 Å². The van der Waals surface area contributed by atoms with E-state index in [0.29, 0.717) is 16.1 Å². The Kier molecular flexibility index (Phi) is 5.51. The molecule has 0 aliphatic heterocycles. The molecule has 2 N–H and O–H groups in total. The van der Waals surface area contributed by atoms with Crippen molar-refractivity contribution in [3.05, 3.63) is 63.3 Å².